The molecular formula is C25H29N6O9P. The van der Waals surface area contributed by atoms with Crippen molar-refractivity contribution in [1.82, 2.24) is 19.7 Å². The molecule has 0 radical (unpaired) electrons. The van der Waals surface area contributed by atoms with Crippen molar-refractivity contribution in [3.63, 3.8) is 0 Å². The van der Waals surface area contributed by atoms with E-state index in [9.17, 15) is 24.8 Å². The predicted octanol–water partition coefficient (Wildman–Crippen LogP) is 0.666. The number of aliphatic hydroxyl groups is 2. The maximum atomic E-state index is 13.9. The Morgan fingerprint density at radius 2 is 2.15 bits per heavy atom. The summed E-state index contributed by atoms with van der Waals surface area (Å²) in [7, 11) is -4.43. The summed E-state index contributed by atoms with van der Waals surface area (Å²) in [6.45, 7) is 0.773. The number of ether oxygens (including phenoxy) is 3. The molecule has 1 aromatic carbocycles. The largest absolute Gasteiger partial charge is 0.459 e. The molecule has 2 aromatic heterocycles. The first-order valence-electron chi connectivity index (χ1n) is 12.7. The van der Waals surface area contributed by atoms with Crippen molar-refractivity contribution in [2.45, 2.75) is 42.8 Å². The highest BCUT2D eigenvalue weighted by atomic mass is 31.2. The number of carbonyl (C=O) groups excluding carboxylic acids is 1. The van der Waals surface area contributed by atoms with Gasteiger partial charge in [0.25, 0.3) is 0 Å². The minimum absolute atomic E-state index is 0.0836. The molecule has 0 bridgehead atoms. The van der Waals surface area contributed by atoms with E-state index < -0.39 is 56.4 Å². The molecule has 41 heavy (non-hydrogen) atoms. The second kappa shape index (κ2) is 11.3. The van der Waals surface area contributed by atoms with E-state index in [1.165, 1.54) is 36.0 Å². The Balaban J connectivity index is 1.37. The maximum Gasteiger partial charge on any atom is 0.459 e. The van der Waals surface area contributed by atoms with Crippen LogP contribution in [-0.4, -0.2) is 81.1 Å². The van der Waals surface area contributed by atoms with E-state index in [2.05, 4.69) is 15.2 Å². The molecule has 3 aromatic rings. The lowest BCUT2D eigenvalue weighted by Crippen LogP contribution is -2.51. The highest BCUT2D eigenvalue weighted by Gasteiger charge is 2.61. The maximum absolute atomic E-state index is 13.9. The van der Waals surface area contributed by atoms with Crippen LogP contribution in [0, 0.1) is 11.3 Å². The van der Waals surface area contributed by atoms with Gasteiger partial charge in [-0.2, -0.15) is 15.4 Å². The van der Waals surface area contributed by atoms with E-state index in [4.69, 9.17) is 29.0 Å². The number of nitrogens with zero attached hydrogens (tertiary/aromatic N) is 4. The zero-order valence-electron chi connectivity index (χ0n) is 22.0. The van der Waals surface area contributed by atoms with Crippen LogP contribution in [0.15, 0.2) is 48.8 Å². The third-order valence-electron chi connectivity index (χ3n) is 6.85. The van der Waals surface area contributed by atoms with Crippen molar-refractivity contribution in [1.29, 1.82) is 5.26 Å². The standard InChI is InChI=1S/C25H29N6O9P/c1-16(22(32)39-18-9-10-36-11-18)30-41(35,40-17-5-3-2-4-6-17)38-13-24(12-26)23(33)25(34,14-37-24)20-8-7-19-21(27)28-15-29-31(19)20/h2-8,15-16,18,23,33-34H,9-11,13-14H2,1H3,(H,30,35)(H2,27,28,29)/t16-,18+,23+,24+,25+,41?/m0/s1. The fourth-order valence-corrected chi connectivity index (χ4v) is 6.10. The molecule has 0 aliphatic carbocycles. The van der Waals surface area contributed by atoms with Gasteiger partial charge < -0.3 is 34.7 Å². The fourth-order valence-electron chi connectivity index (χ4n) is 4.58. The number of carbonyl (C=O) groups is 1. The Bertz CT molecular complexity index is 1490. The van der Waals surface area contributed by atoms with E-state index in [1.807, 2.05) is 6.07 Å². The number of benzene rings is 1. The minimum Gasteiger partial charge on any atom is -0.459 e. The summed E-state index contributed by atoms with van der Waals surface area (Å²) in [5.41, 5.74) is 2.00. The van der Waals surface area contributed by atoms with Crippen LogP contribution in [0.1, 0.15) is 19.0 Å². The van der Waals surface area contributed by atoms with Crippen LogP contribution in [0.25, 0.3) is 5.52 Å². The van der Waals surface area contributed by atoms with Gasteiger partial charge in [-0.3, -0.25) is 9.32 Å². The number of hydrogen-bond acceptors (Lipinski definition) is 13. The number of nitrogens with two attached hydrogens (primary N) is 1. The van der Waals surface area contributed by atoms with Gasteiger partial charge in [-0.1, -0.05) is 18.2 Å². The minimum atomic E-state index is -4.43. The van der Waals surface area contributed by atoms with Crippen molar-refractivity contribution < 1.29 is 42.8 Å². The molecule has 6 atom stereocenters. The van der Waals surface area contributed by atoms with Crippen LogP contribution in [0.5, 0.6) is 5.75 Å². The lowest BCUT2D eigenvalue weighted by Gasteiger charge is -2.31. The van der Waals surface area contributed by atoms with Gasteiger partial charge in [-0.25, -0.2) is 14.1 Å². The molecule has 15 nitrogen and oxygen atoms in total. The number of esters is 1. The van der Waals surface area contributed by atoms with Crippen LogP contribution in [0.3, 0.4) is 0 Å². The van der Waals surface area contributed by atoms with Crippen LogP contribution >= 0.6 is 7.75 Å². The molecule has 1 unspecified atom stereocenters. The number of nitrogens with one attached hydrogen (secondary N) is 1. The second-order valence-corrected chi connectivity index (χ2v) is 11.4. The van der Waals surface area contributed by atoms with Gasteiger partial charge in [0.05, 0.1) is 25.5 Å². The molecule has 16 heteroatoms. The van der Waals surface area contributed by atoms with Crippen LogP contribution < -0.4 is 15.3 Å². The summed E-state index contributed by atoms with van der Waals surface area (Å²) in [4.78, 5) is 16.6. The van der Waals surface area contributed by atoms with Gasteiger partial charge in [0.2, 0.25) is 5.60 Å². The molecule has 2 saturated heterocycles. The van der Waals surface area contributed by atoms with E-state index >= 15 is 0 Å². The Labute approximate surface area is 234 Å². The van der Waals surface area contributed by atoms with Crippen LogP contribution in [0.2, 0.25) is 0 Å². The highest BCUT2D eigenvalue weighted by Crippen LogP contribution is 2.48. The summed E-state index contributed by atoms with van der Waals surface area (Å²) in [6.07, 6.45) is -0.628. The third kappa shape index (κ3) is 5.64. The number of fused-ring (bicyclic) bond motifs is 1. The van der Waals surface area contributed by atoms with E-state index in [1.54, 1.807) is 24.3 Å². The first-order chi connectivity index (χ1) is 19.6. The number of anilines is 1. The Hall–Kier alpha value is -3.61. The zero-order valence-corrected chi connectivity index (χ0v) is 22.8. The van der Waals surface area contributed by atoms with Gasteiger partial charge in [0, 0.05) is 6.42 Å². The Kier molecular flexibility index (Phi) is 8.00. The number of hydrogen-bond donors (Lipinski definition) is 4. The van der Waals surface area contributed by atoms with Gasteiger partial charge in [0.1, 0.15) is 48.5 Å². The average Bonchev–Trinajstić information content (AvgIpc) is 3.69. The number of aromatic nitrogens is 3. The van der Waals surface area contributed by atoms with Gasteiger partial charge in [-0.05, 0) is 31.2 Å². The van der Waals surface area contributed by atoms with Crippen molar-refractivity contribution in [3.05, 3.63) is 54.5 Å². The molecule has 2 fully saturated rings. The monoisotopic (exact) mass is 588 g/mol. The summed E-state index contributed by atoms with van der Waals surface area (Å²) in [5.74, 6) is -0.444. The first kappa shape index (κ1) is 28.9. The number of para-hydroxylation sites is 1. The quantitative estimate of drug-likeness (QED) is 0.189. The molecule has 0 amide bonds. The van der Waals surface area contributed by atoms with Crippen molar-refractivity contribution >= 4 is 25.1 Å². The van der Waals surface area contributed by atoms with Gasteiger partial charge in [-0.15, -0.1) is 0 Å². The topological polar surface area (TPSA) is 213 Å². The van der Waals surface area contributed by atoms with Gasteiger partial charge in [0.15, 0.2) is 11.4 Å². The van der Waals surface area contributed by atoms with Crippen molar-refractivity contribution in [3.8, 4) is 11.8 Å². The number of aliphatic hydroxyl groups excluding tert-OH is 1. The van der Waals surface area contributed by atoms with Crippen LogP contribution in [0.4, 0.5) is 5.82 Å². The SMILES string of the molecule is C[C@H](NP(=O)(OC[C@@]1(C#N)OC[C@@](O)(c2ccc3c(N)ncnn23)[C@@H]1O)Oc1ccccc1)C(=O)O[C@@H]1CCOC1. The smallest absolute Gasteiger partial charge is 0.459 e. The molecular weight excluding hydrogens is 559 g/mol. The summed E-state index contributed by atoms with van der Waals surface area (Å²) in [6, 6.07) is 11.7. The van der Waals surface area contributed by atoms with Crippen molar-refractivity contribution in [2.24, 2.45) is 0 Å². The highest BCUT2D eigenvalue weighted by molar-refractivity contribution is 7.52. The summed E-state index contributed by atoms with van der Waals surface area (Å²) < 4.78 is 42.7. The van der Waals surface area contributed by atoms with E-state index in [0.717, 1.165) is 0 Å². The van der Waals surface area contributed by atoms with E-state index in [0.29, 0.717) is 18.5 Å². The van der Waals surface area contributed by atoms with Crippen LogP contribution in [-0.2, 0) is 33.7 Å². The number of nitrogen functional groups attached to an aromatic ring is 1. The molecule has 0 saturated carbocycles. The lowest BCUT2D eigenvalue weighted by atomic mass is 9.86. The third-order valence-corrected chi connectivity index (χ3v) is 8.48. The Morgan fingerprint density at radius 1 is 1.37 bits per heavy atom. The number of nitriles is 1. The fraction of sp³-hybridized carbons (Fsp3) is 0.440. The zero-order chi connectivity index (χ0) is 29.3. The Morgan fingerprint density at radius 3 is 2.85 bits per heavy atom. The molecule has 0 spiro atoms. The van der Waals surface area contributed by atoms with Crippen molar-refractivity contribution in [2.75, 3.05) is 32.2 Å². The molecule has 5 rings (SSSR count). The number of rotatable bonds is 10. The molecule has 218 valence electrons. The van der Waals surface area contributed by atoms with Gasteiger partial charge >= 0.3 is 13.7 Å². The summed E-state index contributed by atoms with van der Waals surface area (Å²) in [5, 5.41) is 39.5. The molecule has 5 N–H and O–H groups in total. The average molecular weight is 589 g/mol. The summed E-state index contributed by atoms with van der Waals surface area (Å²) >= 11 is 0. The predicted molar refractivity (Wildman–Crippen MR) is 140 cm³/mol. The molecule has 2 aliphatic heterocycles. The molecule has 4 heterocycles. The molecule has 2 aliphatic rings. The second-order valence-electron chi connectivity index (χ2n) is 9.73. The first-order valence-corrected chi connectivity index (χ1v) is 14.2. The lowest BCUT2D eigenvalue weighted by molar-refractivity contribution is -0.150. The van der Waals surface area contributed by atoms with E-state index in [-0.39, 0.29) is 23.9 Å². The normalized spacial score (nSPS) is 28.1.